The van der Waals surface area contributed by atoms with Gasteiger partial charge in [-0.3, -0.25) is 0 Å². The number of aromatic nitrogens is 2. The van der Waals surface area contributed by atoms with Gasteiger partial charge in [0.05, 0.1) is 13.2 Å². The van der Waals surface area contributed by atoms with Crippen LogP contribution in [0.4, 0.5) is 5.95 Å². The van der Waals surface area contributed by atoms with Crippen LogP contribution in [0.15, 0.2) is 12.3 Å². The van der Waals surface area contributed by atoms with Crippen molar-refractivity contribution < 1.29 is 9.47 Å². The molecule has 0 amide bonds. The van der Waals surface area contributed by atoms with Gasteiger partial charge in [-0.15, -0.1) is 0 Å². The highest BCUT2D eigenvalue weighted by Crippen LogP contribution is 2.18. The topological polar surface area (TPSA) is 47.5 Å². The Morgan fingerprint density at radius 2 is 2.06 bits per heavy atom. The highest BCUT2D eigenvalue weighted by Gasteiger charge is 2.20. The first-order valence-electron chi connectivity index (χ1n) is 5.48. The lowest BCUT2D eigenvalue weighted by atomic mass is 10.1. The normalized spacial score (nSPS) is 17.5. The van der Waals surface area contributed by atoms with Gasteiger partial charge in [-0.2, -0.15) is 4.98 Å². The lowest BCUT2D eigenvalue weighted by molar-refractivity contribution is 0.0816. The molecule has 2 heterocycles. The molecule has 16 heavy (non-hydrogen) atoms. The number of hydrogen-bond acceptors (Lipinski definition) is 5. The summed E-state index contributed by atoms with van der Waals surface area (Å²) in [6.07, 6.45) is 4.15. The van der Waals surface area contributed by atoms with Gasteiger partial charge < -0.3 is 14.4 Å². The summed E-state index contributed by atoms with van der Waals surface area (Å²) in [6, 6.07) is 1.76. The Bertz CT molecular complexity index is 338. The zero-order chi connectivity index (χ0) is 11.4. The van der Waals surface area contributed by atoms with E-state index in [1.165, 1.54) is 0 Å². The predicted molar refractivity (Wildman–Crippen MR) is 60.8 cm³/mol. The maximum Gasteiger partial charge on any atom is 0.228 e. The van der Waals surface area contributed by atoms with Gasteiger partial charge in [0.15, 0.2) is 0 Å². The number of rotatable bonds is 3. The molecule has 1 fully saturated rings. The monoisotopic (exact) mass is 223 g/mol. The van der Waals surface area contributed by atoms with E-state index in [-0.39, 0.29) is 0 Å². The number of methoxy groups -OCH3 is 2. The van der Waals surface area contributed by atoms with Crippen LogP contribution in [0.1, 0.15) is 12.8 Å². The number of nitrogens with zero attached hydrogens (tertiary/aromatic N) is 3. The van der Waals surface area contributed by atoms with Crippen molar-refractivity contribution in [3.63, 3.8) is 0 Å². The molecule has 2 rings (SSSR count). The van der Waals surface area contributed by atoms with Gasteiger partial charge >= 0.3 is 0 Å². The minimum Gasteiger partial charge on any atom is -0.481 e. The average Bonchev–Trinajstić information content (AvgIpc) is 2.39. The van der Waals surface area contributed by atoms with Crippen LogP contribution in [0.25, 0.3) is 0 Å². The smallest absolute Gasteiger partial charge is 0.228 e. The number of anilines is 1. The van der Waals surface area contributed by atoms with Crippen LogP contribution in [0, 0.1) is 0 Å². The summed E-state index contributed by atoms with van der Waals surface area (Å²) < 4.78 is 10.4. The first-order chi connectivity index (χ1) is 7.83. The van der Waals surface area contributed by atoms with Gasteiger partial charge in [-0.1, -0.05) is 0 Å². The third-order valence-corrected chi connectivity index (χ3v) is 2.88. The van der Waals surface area contributed by atoms with Gasteiger partial charge in [0.25, 0.3) is 0 Å². The van der Waals surface area contributed by atoms with E-state index in [1.807, 2.05) is 0 Å². The van der Waals surface area contributed by atoms with E-state index in [0.29, 0.717) is 12.0 Å². The van der Waals surface area contributed by atoms with Crippen molar-refractivity contribution in [2.45, 2.75) is 18.9 Å². The maximum atomic E-state index is 5.33. The lowest BCUT2D eigenvalue weighted by Crippen LogP contribution is -2.37. The molecule has 1 aromatic rings. The van der Waals surface area contributed by atoms with Gasteiger partial charge in [0, 0.05) is 32.5 Å². The average molecular weight is 223 g/mol. The van der Waals surface area contributed by atoms with Crippen LogP contribution in [0.5, 0.6) is 5.88 Å². The molecule has 0 atom stereocenters. The van der Waals surface area contributed by atoms with Gasteiger partial charge in [-0.25, -0.2) is 4.98 Å². The zero-order valence-electron chi connectivity index (χ0n) is 9.72. The van der Waals surface area contributed by atoms with E-state index >= 15 is 0 Å². The molecule has 0 N–H and O–H groups in total. The summed E-state index contributed by atoms with van der Waals surface area (Å²) in [5, 5.41) is 0. The number of piperidine rings is 1. The Balaban J connectivity index is 2.02. The predicted octanol–water partition coefficient (Wildman–Crippen LogP) is 1.10. The largest absolute Gasteiger partial charge is 0.481 e. The molecule has 0 saturated carbocycles. The fraction of sp³-hybridized carbons (Fsp3) is 0.636. The minimum absolute atomic E-state index is 0.377. The van der Waals surface area contributed by atoms with Crippen molar-refractivity contribution in [3.05, 3.63) is 12.3 Å². The summed E-state index contributed by atoms with van der Waals surface area (Å²) in [4.78, 5) is 10.7. The third kappa shape index (κ3) is 2.41. The highest BCUT2D eigenvalue weighted by molar-refractivity contribution is 5.32. The highest BCUT2D eigenvalue weighted by atomic mass is 16.5. The van der Waals surface area contributed by atoms with Crippen LogP contribution in [-0.4, -0.2) is 43.4 Å². The van der Waals surface area contributed by atoms with E-state index in [1.54, 1.807) is 26.5 Å². The van der Waals surface area contributed by atoms with Crippen LogP contribution < -0.4 is 9.64 Å². The van der Waals surface area contributed by atoms with E-state index in [4.69, 9.17) is 9.47 Å². The molecule has 0 bridgehead atoms. The van der Waals surface area contributed by atoms with Crippen molar-refractivity contribution in [1.82, 2.24) is 9.97 Å². The van der Waals surface area contributed by atoms with Crippen LogP contribution in [0.3, 0.4) is 0 Å². The summed E-state index contributed by atoms with van der Waals surface area (Å²) in [7, 11) is 3.38. The Hall–Kier alpha value is -1.36. The fourth-order valence-electron chi connectivity index (χ4n) is 1.89. The molecular formula is C11H17N3O2. The molecule has 5 heteroatoms. The number of ether oxygens (including phenoxy) is 2. The Labute approximate surface area is 95.4 Å². The molecule has 0 unspecified atom stereocenters. The van der Waals surface area contributed by atoms with Crippen LogP contribution >= 0.6 is 0 Å². The van der Waals surface area contributed by atoms with Gasteiger partial charge in [0.2, 0.25) is 11.8 Å². The molecule has 5 nitrogen and oxygen atoms in total. The minimum atomic E-state index is 0.377. The molecule has 0 radical (unpaired) electrons. The first kappa shape index (κ1) is 11.1. The fourth-order valence-corrected chi connectivity index (χ4v) is 1.89. The van der Waals surface area contributed by atoms with E-state index in [9.17, 15) is 0 Å². The van der Waals surface area contributed by atoms with E-state index in [0.717, 1.165) is 31.9 Å². The number of hydrogen-bond donors (Lipinski definition) is 0. The second kappa shape index (κ2) is 5.12. The summed E-state index contributed by atoms with van der Waals surface area (Å²) >= 11 is 0. The molecule has 0 spiro atoms. The molecule has 88 valence electrons. The van der Waals surface area contributed by atoms with Crippen molar-refractivity contribution in [1.29, 1.82) is 0 Å². The third-order valence-electron chi connectivity index (χ3n) is 2.88. The maximum absolute atomic E-state index is 5.33. The Morgan fingerprint density at radius 1 is 1.31 bits per heavy atom. The molecule has 0 aromatic carbocycles. The van der Waals surface area contributed by atoms with Gasteiger partial charge in [-0.05, 0) is 12.8 Å². The van der Waals surface area contributed by atoms with Gasteiger partial charge in [0.1, 0.15) is 0 Å². The van der Waals surface area contributed by atoms with Crippen molar-refractivity contribution in [2.75, 3.05) is 32.2 Å². The zero-order valence-corrected chi connectivity index (χ0v) is 9.72. The lowest BCUT2D eigenvalue weighted by Gasteiger charge is -2.31. The second-order valence-corrected chi connectivity index (χ2v) is 3.82. The molecule has 1 saturated heterocycles. The van der Waals surface area contributed by atoms with Crippen molar-refractivity contribution in [3.8, 4) is 5.88 Å². The molecule has 1 aliphatic heterocycles. The SMILES string of the molecule is COc1ccnc(N2CCC(OC)CC2)n1. The van der Waals surface area contributed by atoms with E-state index in [2.05, 4.69) is 14.9 Å². The molecule has 0 aliphatic carbocycles. The summed E-state index contributed by atoms with van der Waals surface area (Å²) in [5.41, 5.74) is 0. The Kier molecular flexibility index (Phi) is 3.56. The molecule has 1 aromatic heterocycles. The molecule has 1 aliphatic rings. The summed E-state index contributed by atoms with van der Waals surface area (Å²) in [6.45, 7) is 1.87. The summed E-state index contributed by atoms with van der Waals surface area (Å²) in [5.74, 6) is 1.35. The molecular weight excluding hydrogens is 206 g/mol. The first-order valence-corrected chi connectivity index (χ1v) is 5.48. The van der Waals surface area contributed by atoms with Crippen molar-refractivity contribution >= 4 is 5.95 Å². The van der Waals surface area contributed by atoms with Crippen LogP contribution in [0.2, 0.25) is 0 Å². The van der Waals surface area contributed by atoms with E-state index < -0.39 is 0 Å². The second-order valence-electron chi connectivity index (χ2n) is 3.82. The quantitative estimate of drug-likeness (QED) is 0.768. The standard InChI is InChI=1S/C11H17N3O2/c1-15-9-4-7-14(8-5-9)11-12-6-3-10(13-11)16-2/h3,6,9H,4-5,7-8H2,1-2H3. The van der Waals surface area contributed by atoms with Crippen LogP contribution in [-0.2, 0) is 4.74 Å². The Morgan fingerprint density at radius 3 is 2.69 bits per heavy atom. The van der Waals surface area contributed by atoms with Crippen molar-refractivity contribution in [2.24, 2.45) is 0 Å².